The largest absolute Gasteiger partial charge is 0.328 e. The molecule has 0 aliphatic heterocycles. The van der Waals surface area contributed by atoms with E-state index in [2.05, 4.69) is 4.98 Å². The summed E-state index contributed by atoms with van der Waals surface area (Å²) in [7, 11) is 0. The zero-order valence-electron chi connectivity index (χ0n) is 8.17. The molecule has 0 spiro atoms. The topological polar surface area (TPSA) is 99.1 Å². The molecule has 0 saturated heterocycles. The molecular formula is C10H13N3O2. The van der Waals surface area contributed by atoms with Crippen LogP contribution in [-0.2, 0) is 9.59 Å². The molecule has 1 rings (SSSR count). The quantitative estimate of drug-likeness (QED) is 0.487. The number of nitrogens with two attached hydrogens (primary N) is 2. The van der Waals surface area contributed by atoms with Crippen molar-refractivity contribution in [1.29, 1.82) is 0 Å². The van der Waals surface area contributed by atoms with E-state index in [1.54, 1.807) is 18.3 Å². The molecule has 0 radical (unpaired) electrons. The number of rotatable bonds is 5. The van der Waals surface area contributed by atoms with Gasteiger partial charge in [-0.2, -0.15) is 0 Å². The summed E-state index contributed by atoms with van der Waals surface area (Å²) in [6.07, 6.45) is 3.60. The Labute approximate surface area is 87.5 Å². The molecule has 1 aromatic heterocycles. The molecular weight excluding hydrogens is 194 g/mol. The van der Waals surface area contributed by atoms with Gasteiger partial charge in [0.2, 0.25) is 0 Å². The Bertz CT molecular complexity index is 340. The number of aldehydes is 1. The third kappa shape index (κ3) is 2.68. The lowest BCUT2D eigenvalue weighted by Crippen LogP contribution is -2.41. The van der Waals surface area contributed by atoms with Crippen molar-refractivity contribution in [3.05, 3.63) is 30.1 Å². The van der Waals surface area contributed by atoms with Crippen LogP contribution in [0.3, 0.4) is 0 Å². The summed E-state index contributed by atoms with van der Waals surface area (Å²) in [5.41, 5.74) is 11.3. The van der Waals surface area contributed by atoms with Crippen LogP contribution >= 0.6 is 0 Å². The predicted molar refractivity (Wildman–Crippen MR) is 55.1 cm³/mol. The first-order chi connectivity index (χ1) is 7.20. The van der Waals surface area contributed by atoms with E-state index in [-0.39, 0.29) is 12.3 Å². The van der Waals surface area contributed by atoms with E-state index in [0.29, 0.717) is 11.8 Å². The Morgan fingerprint density at radius 3 is 2.80 bits per heavy atom. The lowest BCUT2D eigenvalue weighted by Gasteiger charge is -2.13. The van der Waals surface area contributed by atoms with E-state index in [1.165, 1.54) is 6.20 Å². The number of hydrogen-bond donors (Lipinski definition) is 2. The fraction of sp³-hybridized carbons (Fsp3) is 0.300. The van der Waals surface area contributed by atoms with Crippen molar-refractivity contribution in [2.45, 2.75) is 12.0 Å². The average Bonchev–Trinajstić information content (AvgIpc) is 2.30. The number of pyridine rings is 1. The van der Waals surface area contributed by atoms with Crippen LogP contribution in [0.25, 0.3) is 0 Å². The second-order valence-corrected chi connectivity index (χ2v) is 3.14. The van der Waals surface area contributed by atoms with Gasteiger partial charge in [-0.3, -0.25) is 9.78 Å². The van der Waals surface area contributed by atoms with E-state index in [0.717, 1.165) is 0 Å². The fourth-order valence-electron chi connectivity index (χ4n) is 1.22. The molecule has 0 aromatic carbocycles. The predicted octanol–water partition coefficient (Wildman–Crippen LogP) is -0.781. The van der Waals surface area contributed by atoms with Crippen molar-refractivity contribution >= 4 is 12.1 Å². The van der Waals surface area contributed by atoms with Gasteiger partial charge in [-0.25, -0.2) is 0 Å². The third-order valence-corrected chi connectivity index (χ3v) is 2.11. The zero-order chi connectivity index (χ0) is 11.3. The molecule has 0 aliphatic rings. The van der Waals surface area contributed by atoms with Gasteiger partial charge in [0, 0.05) is 18.9 Å². The van der Waals surface area contributed by atoms with Gasteiger partial charge >= 0.3 is 0 Å². The number of carbonyl (C=O) groups is 2. The zero-order valence-corrected chi connectivity index (χ0v) is 8.17. The number of ketones is 1. The van der Waals surface area contributed by atoms with Crippen molar-refractivity contribution in [3.63, 3.8) is 0 Å². The van der Waals surface area contributed by atoms with Gasteiger partial charge < -0.3 is 16.3 Å². The van der Waals surface area contributed by atoms with E-state index in [4.69, 9.17) is 11.5 Å². The highest BCUT2D eigenvalue weighted by atomic mass is 16.1. The Morgan fingerprint density at radius 1 is 1.60 bits per heavy atom. The van der Waals surface area contributed by atoms with E-state index in [1.807, 2.05) is 0 Å². The van der Waals surface area contributed by atoms with E-state index in [9.17, 15) is 9.59 Å². The maximum atomic E-state index is 11.6. The summed E-state index contributed by atoms with van der Waals surface area (Å²) in [6, 6.07) is 2.51. The number of nitrogens with zero attached hydrogens (tertiary/aromatic N) is 1. The van der Waals surface area contributed by atoms with Crippen LogP contribution in [-0.4, -0.2) is 29.6 Å². The summed E-state index contributed by atoms with van der Waals surface area (Å²) >= 11 is 0. The summed E-state index contributed by atoms with van der Waals surface area (Å²) in [4.78, 5) is 26.3. The second-order valence-electron chi connectivity index (χ2n) is 3.14. The highest BCUT2D eigenvalue weighted by molar-refractivity contribution is 6.01. The summed E-state index contributed by atoms with van der Waals surface area (Å²) in [5, 5.41) is 0. The van der Waals surface area contributed by atoms with Crippen LogP contribution < -0.4 is 11.5 Å². The lowest BCUT2D eigenvalue weighted by atomic mass is 9.93. The Kier molecular flexibility index (Phi) is 4.08. The molecule has 0 bridgehead atoms. The number of Topliss-reactive ketones (excluding diaryl/α,β-unsaturated/α-hetero) is 1. The first kappa shape index (κ1) is 11.5. The molecule has 1 aromatic rings. The summed E-state index contributed by atoms with van der Waals surface area (Å²) in [6.45, 7) is 0.0312. The average molecular weight is 207 g/mol. The maximum Gasteiger partial charge on any atom is 0.165 e. The smallest absolute Gasteiger partial charge is 0.165 e. The van der Waals surface area contributed by atoms with Gasteiger partial charge in [-0.15, -0.1) is 0 Å². The molecule has 2 unspecified atom stereocenters. The van der Waals surface area contributed by atoms with Crippen LogP contribution in [0, 0.1) is 0 Å². The molecule has 1 heterocycles. The molecule has 0 aliphatic carbocycles. The molecule has 5 nitrogen and oxygen atoms in total. The molecule has 0 saturated carbocycles. The van der Waals surface area contributed by atoms with Crippen LogP contribution in [0.1, 0.15) is 11.5 Å². The fourth-order valence-corrected chi connectivity index (χ4v) is 1.22. The molecule has 4 N–H and O–H groups in total. The molecule has 15 heavy (non-hydrogen) atoms. The second kappa shape index (κ2) is 5.33. The van der Waals surface area contributed by atoms with Crippen molar-refractivity contribution in [3.8, 4) is 0 Å². The number of carbonyl (C=O) groups excluding carboxylic acids is 2. The minimum atomic E-state index is -0.864. The molecule has 0 fully saturated rings. The molecule has 5 heteroatoms. The highest BCUT2D eigenvalue weighted by Gasteiger charge is 2.24. The van der Waals surface area contributed by atoms with Crippen molar-refractivity contribution < 1.29 is 9.59 Å². The van der Waals surface area contributed by atoms with Crippen LogP contribution in [0.2, 0.25) is 0 Å². The van der Waals surface area contributed by atoms with Crippen molar-refractivity contribution in [2.75, 3.05) is 6.54 Å². The van der Waals surface area contributed by atoms with Gasteiger partial charge in [0.25, 0.3) is 0 Å². The normalized spacial score (nSPS) is 14.3. The van der Waals surface area contributed by atoms with Crippen LogP contribution in [0.5, 0.6) is 0 Å². The maximum absolute atomic E-state index is 11.6. The first-order valence-corrected chi connectivity index (χ1v) is 4.55. The Balaban J connectivity index is 2.90. The molecule has 80 valence electrons. The minimum absolute atomic E-state index is 0.0312. The molecule has 0 amide bonds. The standard InChI is InChI=1S/C10H13N3O2/c11-4-9(12)10(15)8(6-14)7-2-1-3-13-5-7/h1-3,5-6,8-9H,4,11-12H2. The van der Waals surface area contributed by atoms with E-state index >= 15 is 0 Å². The van der Waals surface area contributed by atoms with Gasteiger partial charge in [-0.05, 0) is 11.6 Å². The van der Waals surface area contributed by atoms with Gasteiger partial charge in [-0.1, -0.05) is 6.07 Å². The van der Waals surface area contributed by atoms with Gasteiger partial charge in [0.1, 0.15) is 12.2 Å². The number of hydrogen-bond acceptors (Lipinski definition) is 5. The first-order valence-electron chi connectivity index (χ1n) is 4.55. The van der Waals surface area contributed by atoms with Crippen molar-refractivity contribution in [1.82, 2.24) is 4.98 Å². The highest BCUT2D eigenvalue weighted by Crippen LogP contribution is 2.13. The Hall–Kier alpha value is -1.59. The summed E-state index contributed by atoms with van der Waals surface area (Å²) in [5.74, 6) is -1.24. The van der Waals surface area contributed by atoms with Gasteiger partial charge in [0.15, 0.2) is 5.78 Å². The third-order valence-electron chi connectivity index (χ3n) is 2.11. The van der Waals surface area contributed by atoms with Crippen LogP contribution in [0.4, 0.5) is 0 Å². The van der Waals surface area contributed by atoms with Crippen LogP contribution in [0.15, 0.2) is 24.5 Å². The SMILES string of the molecule is NCC(N)C(=O)C(C=O)c1cccnc1. The minimum Gasteiger partial charge on any atom is -0.328 e. The molecule has 2 atom stereocenters. The monoisotopic (exact) mass is 207 g/mol. The number of aromatic nitrogens is 1. The van der Waals surface area contributed by atoms with Gasteiger partial charge in [0.05, 0.1) is 6.04 Å². The van der Waals surface area contributed by atoms with E-state index < -0.39 is 12.0 Å². The Morgan fingerprint density at radius 2 is 2.33 bits per heavy atom. The summed E-state index contributed by atoms with van der Waals surface area (Å²) < 4.78 is 0. The lowest BCUT2D eigenvalue weighted by molar-refractivity contribution is -0.125. The van der Waals surface area contributed by atoms with Crippen molar-refractivity contribution in [2.24, 2.45) is 11.5 Å².